The topological polar surface area (TPSA) is 39.1 Å². The van der Waals surface area contributed by atoms with Gasteiger partial charge in [-0.3, -0.25) is 4.57 Å². The van der Waals surface area contributed by atoms with E-state index >= 15 is 0 Å². The highest BCUT2D eigenvalue weighted by Gasteiger charge is 2.05. The Bertz CT molecular complexity index is 692. The van der Waals surface area contributed by atoms with Gasteiger partial charge in [0.1, 0.15) is 5.75 Å². The molecule has 100 valence electrons. The molecular formula is C16H15N3O. The van der Waals surface area contributed by atoms with Crippen molar-refractivity contribution in [1.29, 1.82) is 0 Å². The predicted molar refractivity (Wildman–Crippen MR) is 79.8 cm³/mol. The van der Waals surface area contributed by atoms with Crippen molar-refractivity contribution in [3.8, 4) is 11.4 Å². The maximum atomic E-state index is 5.26. The van der Waals surface area contributed by atoms with Crippen LogP contribution in [0.15, 0.2) is 67.0 Å². The number of benzene rings is 2. The van der Waals surface area contributed by atoms with Crippen LogP contribution >= 0.6 is 0 Å². The van der Waals surface area contributed by atoms with E-state index < -0.39 is 0 Å². The minimum atomic E-state index is 0.768. The van der Waals surface area contributed by atoms with Crippen LogP contribution in [0.3, 0.4) is 0 Å². The molecule has 0 saturated carbocycles. The molecule has 0 unspecified atom stereocenters. The average Bonchev–Trinajstić information content (AvgIpc) is 2.96. The van der Waals surface area contributed by atoms with E-state index in [0.29, 0.717) is 0 Å². The summed E-state index contributed by atoms with van der Waals surface area (Å²) in [7, 11) is 1.66. The van der Waals surface area contributed by atoms with Crippen LogP contribution in [0, 0.1) is 0 Å². The summed E-state index contributed by atoms with van der Waals surface area (Å²) in [6.45, 7) is 0. The van der Waals surface area contributed by atoms with Crippen LogP contribution in [-0.4, -0.2) is 16.7 Å². The van der Waals surface area contributed by atoms with Crippen LogP contribution in [0.25, 0.3) is 5.69 Å². The van der Waals surface area contributed by atoms with Crippen LogP contribution in [0.5, 0.6) is 5.75 Å². The molecule has 0 bridgehead atoms. The van der Waals surface area contributed by atoms with Gasteiger partial charge in [0.2, 0.25) is 5.95 Å². The minimum Gasteiger partial charge on any atom is -0.497 e. The van der Waals surface area contributed by atoms with Crippen molar-refractivity contribution in [3.63, 3.8) is 0 Å². The summed E-state index contributed by atoms with van der Waals surface area (Å²) in [6, 6.07) is 17.8. The van der Waals surface area contributed by atoms with Crippen LogP contribution in [0.2, 0.25) is 0 Å². The number of ether oxygens (including phenoxy) is 1. The van der Waals surface area contributed by atoms with Gasteiger partial charge in [-0.25, -0.2) is 4.98 Å². The van der Waals surface area contributed by atoms with Gasteiger partial charge in [0.25, 0.3) is 0 Å². The lowest BCUT2D eigenvalue weighted by Crippen LogP contribution is -2.01. The van der Waals surface area contributed by atoms with E-state index in [1.807, 2.05) is 65.4 Å². The molecule has 0 radical (unpaired) electrons. The Morgan fingerprint density at radius 1 is 1.05 bits per heavy atom. The summed E-state index contributed by atoms with van der Waals surface area (Å²) in [5, 5.41) is 3.30. The molecule has 0 aliphatic heterocycles. The smallest absolute Gasteiger partial charge is 0.212 e. The van der Waals surface area contributed by atoms with Crippen molar-refractivity contribution < 1.29 is 4.74 Å². The van der Waals surface area contributed by atoms with Gasteiger partial charge in [-0.15, -0.1) is 0 Å². The lowest BCUT2D eigenvalue weighted by atomic mass is 10.3. The molecule has 0 amide bonds. The summed E-state index contributed by atoms with van der Waals surface area (Å²) in [6.07, 6.45) is 3.69. The highest BCUT2D eigenvalue weighted by Crippen LogP contribution is 2.21. The molecule has 0 atom stereocenters. The Morgan fingerprint density at radius 2 is 1.90 bits per heavy atom. The predicted octanol–water partition coefficient (Wildman–Crippen LogP) is 3.62. The van der Waals surface area contributed by atoms with E-state index in [-0.39, 0.29) is 0 Å². The van der Waals surface area contributed by atoms with Crippen molar-refractivity contribution in [1.82, 2.24) is 9.55 Å². The molecule has 3 rings (SSSR count). The number of anilines is 2. The fourth-order valence-corrected chi connectivity index (χ4v) is 2.02. The van der Waals surface area contributed by atoms with Gasteiger partial charge in [-0.2, -0.15) is 0 Å². The van der Waals surface area contributed by atoms with E-state index in [4.69, 9.17) is 4.74 Å². The second-order valence-electron chi connectivity index (χ2n) is 4.31. The summed E-state index contributed by atoms with van der Waals surface area (Å²) >= 11 is 0. The van der Waals surface area contributed by atoms with E-state index in [2.05, 4.69) is 10.3 Å². The second-order valence-corrected chi connectivity index (χ2v) is 4.31. The van der Waals surface area contributed by atoms with Gasteiger partial charge >= 0.3 is 0 Å². The van der Waals surface area contributed by atoms with Crippen molar-refractivity contribution in [3.05, 3.63) is 67.0 Å². The number of rotatable bonds is 4. The normalized spacial score (nSPS) is 10.2. The zero-order chi connectivity index (χ0) is 13.8. The number of nitrogens with one attached hydrogen (secondary N) is 1. The lowest BCUT2D eigenvalue weighted by Gasteiger charge is -2.10. The molecule has 4 nitrogen and oxygen atoms in total. The first-order chi connectivity index (χ1) is 9.86. The molecule has 0 saturated heterocycles. The Hall–Kier alpha value is -2.75. The van der Waals surface area contributed by atoms with Crippen LogP contribution in [-0.2, 0) is 0 Å². The number of imidazole rings is 1. The standard InChI is InChI=1S/C16H15N3O/c1-20-15-9-5-8-14(12-15)19-11-10-17-16(19)18-13-6-3-2-4-7-13/h2-12H,1H3,(H,17,18). The molecule has 4 heteroatoms. The fraction of sp³-hybridized carbons (Fsp3) is 0.0625. The zero-order valence-electron chi connectivity index (χ0n) is 11.2. The van der Waals surface area contributed by atoms with Gasteiger partial charge in [-0.05, 0) is 24.3 Å². The van der Waals surface area contributed by atoms with Crippen molar-refractivity contribution in [2.45, 2.75) is 0 Å². The first-order valence-electron chi connectivity index (χ1n) is 6.36. The number of aromatic nitrogens is 2. The first kappa shape index (κ1) is 12.3. The molecule has 0 spiro atoms. The number of para-hydroxylation sites is 1. The molecule has 3 aromatic rings. The SMILES string of the molecule is COc1cccc(-n2ccnc2Nc2ccccc2)c1. The molecule has 20 heavy (non-hydrogen) atoms. The summed E-state index contributed by atoms with van der Waals surface area (Å²) < 4.78 is 7.24. The van der Waals surface area contributed by atoms with E-state index in [1.165, 1.54) is 0 Å². The largest absolute Gasteiger partial charge is 0.497 e. The Labute approximate surface area is 117 Å². The molecule has 0 aliphatic carbocycles. The molecular weight excluding hydrogens is 250 g/mol. The quantitative estimate of drug-likeness (QED) is 0.783. The monoisotopic (exact) mass is 265 g/mol. The molecule has 1 heterocycles. The third-order valence-corrected chi connectivity index (χ3v) is 3.00. The highest BCUT2D eigenvalue weighted by molar-refractivity contribution is 5.56. The molecule has 0 fully saturated rings. The molecule has 1 N–H and O–H groups in total. The van der Waals surface area contributed by atoms with Gasteiger partial charge < -0.3 is 10.1 Å². The van der Waals surface area contributed by atoms with Crippen LogP contribution < -0.4 is 10.1 Å². The van der Waals surface area contributed by atoms with Crippen LogP contribution in [0.4, 0.5) is 11.6 Å². The lowest BCUT2D eigenvalue weighted by molar-refractivity contribution is 0.414. The number of hydrogen-bond acceptors (Lipinski definition) is 3. The molecule has 0 aliphatic rings. The average molecular weight is 265 g/mol. The highest BCUT2D eigenvalue weighted by atomic mass is 16.5. The van der Waals surface area contributed by atoms with E-state index in [0.717, 1.165) is 23.1 Å². The number of hydrogen-bond donors (Lipinski definition) is 1. The third-order valence-electron chi connectivity index (χ3n) is 3.00. The van der Waals surface area contributed by atoms with Crippen molar-refractivity contribution in [2.75, 3.05) is 12.4 Å². The van der Waals surface area contributed by atoms with Gasteiger partial charge in [-0.1, -0.05) is 24.3 Å². The summed E-state index contributed by atoms with van der Waals surface area (Å²) in [5.41, 5.74) is 2.00. The number of nitrogens with zero attached hydrogens (tertiary/aromatic N) is 2. The Kier molecular flexibility index (Phi) is 3.37. The second kappa shape index (κ2) is 5.48. The van der Waals surface area contributed by atoms with Gasteiger partial charge in [0.05, 0.1) is 12.8 Å². The van der Waals surface area contributed by atoms with Gasteiger partial charge in [0, 0.05) is 24.1 Å². The summed E-state index contributed by atoms with van der Waals surface area (Å²) in [4.78, 5) is 4.35. The fourth-order valence-electron chi connectivity index (χ4n) is 2.02. The first-order valence-corrected chi connectivity index (χ1v) is 6.36. The maximum absolute atomic E-state index is 5.26. The van der Waals surface area contributed by atoms with Crippen molar-refractivity contribution >= 4 is 11.6 Å². The van der Waals surface area contributed by atoms with E-state index in [9.17, 15) is 0 Å². The maximum Gasteiger partial charge on any atom is 0.212 e. The van der Waals surface area contributed by atoms with Crippen molar-refractivity contribution in [2.24, 2.45) is 0 Å². The number of methoxy groups -OCH3 is 1. The molecule has 2 aromatic carbocycles. The van der Waals surface area contributed by atoms with Gasteiger partial charge in [0.15, 0.2) is 0 Å². The van der Waals surface area contributed by atoms with E-state index in [1.54, 1.807) is 13.3 Å². The summed E-state index contributed by atoms with van der Waals surface area (Å²) in [5.74, 6) is 1.59. The third kappa shape index (κ3) is 2.49. The van der Waals surface area contributed by atoms with Crippen LogP contribution in [0.1, 0.15) is 0 Å². The zero-order valence-corrected chi connectivity index (χ0v) is 11.2. The Balaban J connectivity index is 1.93. The Morgan fingerprint density at radius 3 is 2.70 bits per heavy atom. The molecule has 1 aromatic heterocycles. The minimum absolute atomic E-state index is 0.768.